The lowest BCUT2D eigenvalue weighted by Crippen LogP contribution is -2.29. The van der Waals surface area contributed by atoms with Crippen molar-refractivity contribution in [1.82, 2.24) is 0 Å². The molecule has 0 spiro atoms. The van der Waals surface area contributed by atoms with E-state index in [1.807, 2.05) is 0 Å². The van der Waals surface area contributed by atoms with Crippen molar-refractivity contribution in [1.29, 1.82) is 0 Å². The third kappa shape index (κ3) is 4.26. The van der Waals surface area contributed by atoms with E-state index in [2.05, 4.69) is 10.0 Å². The number of azide groups is 1. The third-order valence-corrected chi connectivity index (χ3v) is 1.13. The zero-order chi connectivity index (χ0) is 9.56. The van der Waals surface area contributed by atoms with Crippen molar-refractivity contribution in [3.8, 4) is 0 Å². The van der Waals surface area contributed by atoms with Gasteiger partial charge >= 0.3 is 5.97 Å². The number of carbonyl (C=O) groups excluding carboxylic acids is 1. The molecule has 0 aliphatic rings. The Morgan fingerprint density at radius 3 is 2.67 bits per heavy atom. The zero-order valence-electron chi connectivity index (χ0n) is 6.17. The number of hydrogen-bond acceptors (Lipinski definition) is 3. The lowest BCUT2D eigenvalue weighted by atomic mass is 10.1. The van der Waals surface area contributed by atoms with E-state index < -0.39 is 17.9 Å². The van der Waals surface area contributed by atoms with Gasteiger partial charge in [-0.1, -0.05) is 0 Å². The van der Waals surface area contributed by atoms with Crippen molar-refractivity contribution in [2.45, 2.75) is 18.9 Å². The Kier molecular flexibility index (Phi) is 4.43. The van der Waals surface area contributed by atoms with Crippen molar-refractivity contribution in [2.75, 3.05) is 0 Å². The van der Waals surface area contributed by atoms with Crippen LogP contribution in [0.2, 0.25) is 0 Å². The highest BCUT2D eigenvalue weighted by molar-refractivity contribution is 5.82. The molecule has 0 aromatic carbocycles. The van der Waals surface area contributed by atoms with Crippen LogP contribution in [0, 0.1) is 0 Å². The van der Waals surface area contributed by atoms with Crippen molar-refractivity contribution >= 4 is 11.9 Å². The summed E-state index contributed by atoms with van der Waals surface area (Å²) < 4.78 is 0. The Hall–Kier alpha value is -1.59. The standard InChI is InChI=1S/C5H8N4O3/c6-3(1-2-4(10)11)5(12)8-9-7/h3H,1-2,6H2,(H,10,11)/t3-/m0/s1. The fourth-order valence-electron chi connectivity index (χ4n) is 0.521. The van der Waals surface area contributed by atoms with Crippen LogP contribution in [0.5, 0.6) is 0 Å². The van der Waals surface area contributed by atoms with Gasteiger partial charge in [-0.3, -0.25) is 9.59 Å². The second kappa shape index (κ2) is 5.11. The molecule has 0 radical (unpaired) electrons. The van der Waals surface area contributed by atoms with Crippen LogP contribution in [0.4, 0.5) is 0 Å². The number of aliphatic carboxylic acids is 1. The van der Waals surface area contributed by atoms with Gasteiger partial charge in [0.2, 0.25) is 5.91 Å². The monoisotopic (exact) mass is 172 g/mol. The van der Waals surface area contributed by atoms with E-state index >= 15 is 0 Å². The first-order valence-corrected chi connectivity index (χ1v) is 3.14. The molecule has 1 amide bonds. The molecule has 0 aromatic rings. The van der Waals surface area contributed by atoms with E-state index in [0.29, 0.717) is 0 Å². The van der Waals surface area contributed by atoms with Crippen LogP contribution in [0.3, 0.4) is 0 Å². The molecule has 0 saturated heterocycles. The first kappa shape index (κ1) is 10.4. The minimum Gasteiger partial charge on any atom is -0.481 e. The van der Waals surface area contributed by atoms with Crippen LogP contribution < -0.4 is 5.73 Å². The van der Waals surface area contributed by atoms with Crippen LogP contribution in [0.15, 0.2) is 5.11 Å². The number of carboxylic acids is 1. The van der Waals surface area contributed by atoms with Crippen molar-refractivity contribution in [3.63, 3.8) is 0 Å². The molecule has 7 nitrogen and oxygen atoms in total. The smallest absolute Gasteiger partial charge is 0.303 e. The quantitative estimate of drug-likeness (QED) is 0.351. The van der Waals surface area contributed by atoms with Crippen LogP contribution in [0.1, 0.15) is 12.8 Å². The summed E-state index contributed by atoms with van der Waals surface area (Å²) in [5, 5.41) is 10.9. The number of nitrogens with two attached hydrogens (primary N) is 1. The van der Waals surface area contributed by atoms with Gasteiger partial charge < -0.3 is 10.8 Å². The molecule has 0 rings (SSSR count). The number of amides is 1. The van der Waals surface area contributed by atoms with E-state index in [4.69, 9.17) is 16.4 Å². The predicted octanol–water partition coefficient (Wildman–Crippen LogP) is 0.0154. The predicted molar refractivity (Wildman–Crippen MR) is 39.0 cm³/mol. The Bertz CT molecular complexity index is 233. The van der Waals surface area contributed by atoms with E-state index in [9.17, 15) is 9.59 Å². The number of rotatable bonds is 4. The highest BCUT2D eigenvalue weighted by Gasteiger charge is 2.12. The Balaban J connectivity index is 3.87. The first-order chi connectivity index (χ1) is 5.57. The molecule has 3 N–H and O–H groups in total. The molecule has 0 aliphatic heterocycles. The topological polar surface area (TPSA) is 129 Å². The van der Waals surface area contributed by atoms with Gasteiger partial charge in [0.05, 0.1) is 6.04 Å². The first-order valence-electron chi connectivity index (χ1n) is 3.14. The van der Waals surface area contributed by atoms with Crippen molar-refractivity contribution < 1.29 is 14.7 Å². The summed E-state index contributed by atoms with van der Waals surface area (Å²) in [7, 11) is 0. The van der Waals surface area contributed by atoms with Gasteiger partial charge in [-0.15, -0.1) is 0 Å². The largest absolute Gasteiger partial charge is 0.481 e. The number of carbonyl (C=O) groups is 2. The van der Waals surface area contributed by atoms with Crippen LogP contribution >= 0.6 is 0 Å². The normalized spacial score (nSPS) is 11.4. The van der Waals surface area contributed by atoms with Crippen molar-refractivity contribution in [3.05, 3.63) is 10.4 Å². The Morgan fingerprint density at radius 1 is 1.67 bits per heavy atom. The van der Waals surface area contributed by atoms with Gasteiger partial charge in [-0.05, 0) is 17.1 Å². The molecule has 0 fully saturated rings. The molecule has 0 unspecified atom stereocenters. The molecule has 7 heteroatoms. The van der Waals surface area contributed by atoms with Gasteiger partial charge in [0.25, 0.3) is 0 Å². The number of hydrogen-bond donors (Lipinski definition) is 2. The molecule has 0 aromatic heterocycles. The van der Waals surface area contributed by atoms with Gasteiger partial charge in [0, 0.05) is 11.3 Å². The molecule has 12 heavy (non-hydrogen) atoms. The van der Waals surface area contributed by atoms with Gasteiger partial charge in [0.1, 0.15) is 0 Å². The summed E-state index contributed by atoms with van der Waals surface area (Å²) in [6.07, 6.45) is -0.235. The summed E-state index contributed by atoms with van der Waals surface area (Å²) >= 11 is 0. The molecule has 0 saturated carbocycles. The van der Waals surface area contributed by atoms with Gasteiger partial charge in [-0.2, -0.15) is 0 Å². The van der Waals surface area contributed by atoms with Crippen LogP contribution in [-0.4, -0.2) is 23.0 Å². The summed E-state index contributed by atoms with van der Waals surface area (Å²) in [5.74, 6) is -1.88. The molecule has 0 aliphatic carbocycles. The molecule has 0 bridgehead atoms. The van der Waals surface area contributed by atoms with E-state index in [1.54, 1.807) is 0 Å². The molecular formula is C5H8N4O3. The van der Waals surface area contributed by atoms with Gasteiger partial charge in [-0.25, -0.2) is 0 Å². The summed E-state index contributed by atoms with van der Waals surface area (Å²) in [6.45, 7) is 0. The van der Waals surface area contributed by atoms with E-state index in [-0.39, 0.29) is 12.8 Å². The fraction of sp³-hybridized carbons (Fsp3) is 0.600. The number of nitrogens with zero attached hydrogens (tertiary/aromatic N) is 3. The highest BCUT2D eigenvalue weighted by Crippen LogP contribution is 1.96. The average Bonchev–Trinajstić information content (AvgIpc) is 2.00. The molecule has 1 atom stereocenters. The molecule has 66 valence electrons. The van der Waals surface area contributed by atoms with E-state index in [0.717, 1.165) is 0 Å². The minimum absolute atomic E-state index is 0.0206. The molecular weight excluding hydrogens is 164 g/mol. The fourth-order valence-corrected chi connectivity index (χ4v) is 0.521. The van der Waals surface area contributed by atoms with Crippen LogP contribution in [-0.2, 0) is 9.59 Å². The number of carboxylic acid groups (broad SMARTS) is 1. The maximum Gasteiger partial charge on any atom is 0.303 e. The summed E-state index contributed by atoms with van der Waals surface area (Å²) in [5.41, 5.74) is 13.0. The lowest BCUT2D eigenvalue weighted by Gasteiger charge is -2.02. The van der Waals surface area contributed by atoms with Gasteiger partial charge in [0.15, 0.2) is 0 Å². The second-order valence-electron chi connectivity index (χ2n) is 2.07. The lowest BCUT2D eigenvalue weighted by molar-refractivity contribution is -0.137. The minimum atomic E-state index is -1.04. The summed E-state index contributed by atoms with van der Waals surface area (Å²) in [4.78, 5) is 22.9. The average molecular weight is 172 g/mol. The van der Waals surface area contributed by atoms with Crippen molar-refractivity contribution in [2.24, 2.45) is 10.8 Å². The maximum atomic E-state index is 10.6. The maximum absolute atomic E-state index is 10.6. The zero-order valence-corrected chi connectivity index (χ0v) is 6.17. The Labute approximate surface area is 67.8 Å². The molecule has 0 heterocycles. The third-order valence-electron chi connectivity index (χ3n) is 1.13. The SMILES string of the molecule is [N-]=[N+]=NC(=O)[C@@H](N)CCC(=O)O. The van der Waals surface area contributed by atoms with E-state index in [1.165, 1.54) is 0 Å². The van der Waals surface area contributed by atoms with Crippen LogP contribution in [0.25, 0.3) is 10.4 Å². The summed E-state index contributed by atoms with van der Waals surface area (Å²) in [6, 6.07) is -1.02. The second-order valence-corrected chi connectivity index (χ2v) is 2.07. The highest BCUT2D eigenvalue weighted by atomic mass is 16.4. The Morgan fingerprint density at radius 2 is 2.25 bits per heavy atom.